The zero-order chi connectivity index (χ0) is 16.1. The molecule has 0 saturated carbocycles. The minimum absolute atomic E-state index is 0.763. The van der Waals surface area contributed by atoms with Crippen molar-refractivity contribution in [2.75, 3.05) is 45.7 Å². The topological polar surface area (TPSA) is 40.6 Å². The molecule has 0 bridgehead atoms. The van der Waals surface area contributed by atoms with E-state index < -0.39 is 0 Å². The van der Waals surface area contributed by atoms with Crippen molar-refractivity contribution in [3.05, 3.63) is 40.9 Å². The van der Waals surface area contributed by atoms with Gasteiger partial charge in [0.15, 0.2) is 5.13 Å². The number of aromatic nitrogens is 1. The van der Waals surface area contributed by atoms with Crippen molar-refractivity contribution in [3.8, 4) is 5.75 Å². The molecule has 1 N–H and O–H groups in total. The molecule has 0 aliphatic carbocycles. The van der Waals surface area contributed by atoms with Crippen molar-refractivity contribution in [2.45, 2.75) is 13.1 Å². The van der Waals surface area contributed by atoms with E-state index in [1.54, 1.807) is 18.4 Å². The molecule has 5 nitrogen and oxygen atoms in total. The number of piperazine rings is 1. The predicted octanol–water partition coefficient (Wildman–Crippen LogP) is 2.51. The van der Waals surface area contributed by atoms with E-state index in [0.717, 1.165) is 55.8 Å². The number of hydrogen-bond donors (Lipinski definition) is 1. The zero-order valence-electron chi connectivity index (χ0n) is 13.8. The minimum Gasteiger partial charge on any atom is -0.497 e. The Kier molecular flexibility index (Phi) is 5.48. The molecule has 0 unspecified atom stereocenters. The quantitative estimate of drug-likeness (QED) is 0.880. The van der Waals surface area contributed by atoms with Crippen LogP contribution in [0.25, 0.3) is 0 Å². The van der Waals surface area contributed by atoms with Gasteiger partial charge in [-0.15, -0.1) is 11.3 Å². The third-order valence-electron chi connectivity index (χ3n) is 4.11. The van der Waals surface area contributed by atoms with Crippen molar-refractivity contribution >= 4 is 16.5 Å². The number of rotatable bonds is 6. The van der Waals surface area contributed by atoms with Gasteiger partial charge >= 0.3 is 0 Å². The van der Waals surface area contributed by atoms with Crippen molar-refractivity contribution in [2.24, 2.45) is 0 Å². The standard InChI is InChI=1S/C17H24N4OS/c1-20-6-8-21(9-7-20)12-15-13-23-17(19-15)18-11-14-4-3-5-16(10-14)22-2/h3-5,10,13H,6-9,11-12H2,1-2H3,(H,18,19). The van der Waals surface area contributed by atoms with Crippen LogP contribution in [0.2, 0.25) is 0 Å². The zero-order valence-corrected chi connectivity index (χ0v) is 14.6. The number of methoxy groups -OCH3 is 1. The van der Waals surface area contributed by atoms with Gasteiger partial charge in [-0.2, -0.15) is 0 Å². The average molecular weight is 332 g/mol. The summed E-state index contributed by atoms with van der Waals surface area (Å²) < 4.78 is 5.25. The van der Waals surface area contributed by atoms with Gasteiger partial charge in [0.05, 0.1) is 12.8 Å². The Hall–Kier alpha value is -1.63. The van der Waals surface area contributed by atoms with E-state index in [9.17, 15) is 0 Å². The van der Waals surface area contributed by atoms with E-state index >= 15 is 0 Å². The summed E-state index contributed by atoms with van der Waals surface area (Å²) >= 11 is 1.68. The van der Waals surface area contributed by atoms with Crippen LogP contribution in [0.4, 0.5) is 5.13 Å². The molecule has 1 aromatic carbocycles. The molecule has 1 aliphatic heterocycles. The Morgan fingerprint density at radius 2 is 2.09 bits per heavy atom. The van der Waals surface area contributed by atoms with E-state index in [0.29, 0.717) is 0 Å². The third-order valence-corrected chi connectivity index (χ3v) is 4.96. The maximum Gasteiger partial charge on any atom is 0.183 e. The van der Waals surface area contributed by atoms with Gasteiger partial charge in [0.1, 0.15) is 5.75 Å². The normalized spacial score (nSPS) is 16.4. The number of hydrogen-bond acceptors (Lipinski definition) is 6. The van der Waals surface area contributed by atoms with Crippen molar-refractivity contribution in [1.29, 1.82) is 0 Å². The van der Waals surface area contributed by atoms with Gasteiger partial charge < -0.3 is 15.0 Å². The van der Waals surface area contributed by atoms with Crippen LogP contribution in [-0.2, 0) is 13.1 Å². The number of thiazole rings is 1. The summed E-state index contributed by atoms with van der Waals surface area (Å²) in [7, 11) is 3.87. The van der Waals surface area contributed by atoms with Gasteiger partial charge in [-0.25, -0.2) is 4.98 Å². The number of benzene rings is 1. The van der Waals surface area contributed by atoms with Crippen LogP contribution < -0.4 is 10.1 Å². The second kappa shape index (κ2) is 7.77. The summed E-state index contributed by atoms with van der Waals surface area (Å²) in [5.74, 6) is 0.888. The second-order valence-corrected chi connectivity index (χ2v) is 6.79. The molecule has 0 radical (unpaired) electrons. The molecule has 3 rings (SSSR count). The molecular formula is C17H24N4OS. The van der Waals surface area contributed by atoms with Crippen LogP contribution in [0.5, 0.6) is 5.75 Å². The van der Waals surface area contributed by atoms with Gasteiger partial charge in [0.25, 0.3) is 0 Å². The van der Waals surface area contributed by atoms with E-state index in [2.05, 4.69) is 33.6 Å². The summed E-state index contributed by atoms with van der Waals surface area (Å²) in [6.45, 7) is 6.25. The first-order chi connectivity index (χ1) is 11.2. The third kappa shape index (κ3) is 4.67. The molecule has 0 atom stereocenters. The summed E-state index contributed by atoms with van der Waals surface area (Å²) in [5.41, 5.74) is 2.35. The van der Waals surface area contributed by atoms with Crippen LogP contribution in [0.3, 0.4) is 0 Å². The summed E-state index contributed by atoms with van der Waals surface area (Å²) in [6.07, 6.45) is 0. The number of nitrogens with zero attached hydrogens (tertiary/aromatic N) is 3. The number of ether oxygens (including phenoxy) is 1. The monoisotopic (exact) mass is 332 g/mol. The fraction of sp³-hybridized carbons (Fsp3) is 0.471. The molecule has 23 heavy (non-hydrogen) atoms. The molecule has 2 aromatic rings. The summed E-state index contributed by atoms with van der Waals surface area (Å²) in [4.78, 5) is 9.55. The van der Waals surface area contributed by atoms with Gasteiger partial charge in [-0.3, -0.25) is 4.90 Å². The first-order valence-electron chi connectivity index (χ1n) is 7.95. The van der Waals surface area contributed by atoms with Gasteiger partial charge in [-0.1, -0.05) is 12.1 Å². The van der Waals surface area contributed by atoms with Crippen molar-refractivity contribution in [1.82, 2.24) is 14.8 Å². The Morgan fingerprint density at radius 1 is 1.26 bits per heavy atom. The molecule has 0 spiro atoms. The molecule has 1 fully saturated rings. The number of nitrogens with one attached hydrogen (secondary N) is 1. The number of likely N-dealkylation sites (N-methyl/N-ethyl adjacent to an activating group) is 1. The van der Waals surface area contributed by atoms with Crippen molar-refractivity contribution in [3.63, 3.8) is 0 Å². The predicted molar refractivity (Wildman–Crippen MR) is 95.2 cm³/mol. The lowest BCUT2D eigenvalue weighted by Crippen LogP contribution is -2.43. The molecular weight excluding hydrogens is 308 g/mol. The van der Waals surface area contributed by atoms with E-state index in [1.165, 1.54) is 5.56 Å². The van der Waals surface area contributed by atoms with Crippen molar-refractivity contribution < 1.29 is 4.74 Å². The fourth-order valence-corrected chi connectivity index (χ4v) is 3.36. The molecule has 6 heteroatoms. The highest BCUT2D eigenvalue weighted by atomic mass is 32.1. The van der Waals surface area contributed by atoms with E-state index in [4.69, 9.17) is 9.72 Å². The van der Waals surface area contributed by atoms with Crippen LogP contribution in [0.1, 0.15) is 11.3 Å². The van der Waals surface area contributed by atoms with Gasteiger partial charge in [0.2, 0.25) is 0 Å². The molecule has 1 aliphatic rings. The molecule has 124 valence electrons. The Balaban J connectivity index is 1.51. The first-order valence-corrected chi connectivity index (χ1v) is 8.83. The largest absolute Gasteiger partial charge is 0.497 e. The smallest absolute Gasteiger partial charge is 0.183 e. The number of anilines is 1. The highest BCUT2D eigenvalue weighted by Crippen LogP contribution is 2.19. The molecule has 2 heterocycles. The molecule has 1 aromatic heterocycles. The maximum absolute atomic E-state index is 5.25. The SMILES string of the molecule is COc1cccc(CNc2nc(CN3CCN(C)CC3)cs2)c1. The summed E-state index contributed by atoms with van der Waals surface area (Å²) in [5, 5.41) is 6.54. The fourth-order valence-electron chi connectivity index (χ4n) is 2.66. The lowest BCUT2D eigenvalue weighted by Gasteiger charge is -2.31. The van der Waals surface area contributed by atoms with Crippen LogP contribution in [0.15, 0.2) is 29.6 Å². The Labute approximate surface area is 141 Å². The van der Waals surface area contributed by atoms with Crippen LogP contribution in [0, 0.1) is 0 Å². The second-order valence-electron chi connectivity index (χ2n) is 5.93. The molecule has 1 saturated heterocycles. The van der Waals surface area contributed by atoms with E-state index in [-0.39, 0.29) is 0 Å². The first kappa shape index (κ1) is 16.2. The van der Waals surface area contributed by atoms with Gasteiger partial charge in [-0.05, 0) is 24.7 Å². The lowest BCUT2D eigenvalue weighted by molar-refractivity contribution is 0.147. The van der Waals surface area contributed by atoms with Crippen LogP contribution >= 0.6 is 11.3 Å². The highest BCUT2D eigenvalue weighted by molar-refractivity contribution is 7.13. The summed E-state index contributed by atoms with van der Waals surface area (Å²) in [6, 6.07) is 8.11. The van der Waals surface area contributed by atoms with Crippen LogP contribution in [-0.4, -0.2) is 55.1 Å². The Bertz CT molecular complexity index is 623. The maximum atomic E-state index is 5.25. The van der Waals surface area contributed by atoms with E-state index in [1.807, 2.05) is 18.2 Å². The molecule has 0 amide bonds. The average Bonchev–Trinajstić information content (AvgIpc) is 3.03. The minimum atomic E-state index is 0.763. The lowest BCUT2D eigenvalue weighted by atomic mass is 10.2. The Morgan fingerprint density at radius 3 is 2.87 bits per heavy atom. The van der Waals surface area contributed by atoms with Gasteiger partial charge in [0, 0.05) is 44.6 Å². The highest BCUT2D eigenvalue weighted by Gasteiger charge is 2.15.